The van der Waals surface area contributed by atoms with E-state index in [1.54, 1.807) is 17.0 Å². The van der Waals surface area contributed by atoms with E-state index >= 15 is 0 Å². The van der Waals surface area contributed by atoms with E-state index in [-0.39, 0.29) is 29.3 Å². The minimum Gasteiger partial charge on any atom is -0.475 e. The smallest absolute Gasteiger partial charge is 0.371 e. The van der Waals surface area contributed by atoms with Gasteiger partial charge in [-0.3, -0.25) is 4.79 Å². The van der Waals surface area contributed by atoms with Gasteiger partial charge in [0, 0.05) is 12.6 Å². The molecule has 1 N–H and O–H groups in total. The molecule has 1 saturated carbocycles. The number of carboxylic acid groups (broad SMARTS) is 1. The fraction of sp³-hybridized carbons (Fsp3) is 0.368. The van der Waals surface area contributed by atoms with Crippen LogP contribution in [0.1, 0.15) is 52.4 Å². The number of carbonyl (C=O) groups is 2. The number of benzene rings is 1. The lowest BCUT2D eigenvalue weighted by molar-refractivity contribution is 0.0625. The van der Waals surface area contributed by atoms with Crippen molar-refractivity contribution < 1.29 is 23.5 Å². The second-order valence-corrected chi connectivity index (χ2v) is 6.28. The molecule has 0 atom stereocenters. The van der Waals surface area contributed by atoms with E-state index in [2.05, 4.69) is 0 Å². The second-order valence-electron chi connectivity index (χ2n) is 6.28. The standard InChI is InChI=1S/C19H20FNO4/c20-14-7-5-13(6-8-14)11-12-21(15-3-1-2-4-15)18(22)16-9-10-17(25-16)19(23)24/h5-10,15H,1-4,11-12H2,(H,23,24). The van der Waals surface area contributed by atoms with Crippen LogP contribution < -0.4 is 0 Å². The molecule has 0 aliphatic heterocycles. The Bertz CT molecular complexity index is 747. The quantitative estimate of drug-likeness (QED) is 0.866. The van der Waals surface area contributed by atoms with Crippen molar-refractivity contribution in [1.82, 2.24) is 4.90 Å². The van der Waals surface area contributed by atoms with Crippen molar-refractivity contribution in [2.24, 2.45) is 0 Å². The van der Waals surface area contributed by atoms with Gasteiger partial charge in [0.15, 0.2) is 5.76 Å². The molecular weight excluding hydrogens is 325 g/mol. The van der Waals surface area contributed by atoms with E-state index in [1.165, 1.54) is 24.3 Å². The zero-order chi connectivity index (χ0) is 17.8. The SMILES string of the molecule is O=C(O)c1ccc(C(=O)N(CCc2ccc(F)cc2)C2CCCC2)o1. The zero-order valence-electron chi connectivity index (χ0n) is 13.8. The molecule has 1 aliphatic carbocycles. The van der Waals surface area contributed by atoms with Gasteiger partial charge in [-0.15, -0.1) is 0 Å². The molecule has 3 rings (SSSR count). The van der Waals surface area contributed by atoms with Gasteiger partial charge in [-0.1, -0.05) is 25.0 Å². The number of amides is 1. The fourth-order valence-electron chi connectivity index (χ4n) is 3.28. The van der Waals surface area contributed by atoms with Gasteiger partial charge in [0.2, 0.25) is 5.76 Å². The number of halogens is 1. The zero-order valence-corrected chi connectivity index (χ0v) is 13.8. The number of hydrogen-bond acceptors (Lipinski definition) is 3. The number of furan rings is 1. The van der Waals surface area contributed by atoms with Gasteiger partial charge >= 0.3 is 5.97 Å². The van der Waals surface area contributed by atoms with Gasteiger partial charge in [0.05, 0.1) is 0 Å². The fourth-order valence-corrected chi connectivity index (χ4v) is 3.28. The molecule has 2 aromatic rings. The van der Waals surface area contributed by atoms with Crippen molar-refractivity contribution in [3.05, 3.63) is 59.3 Å². The van der Waals surface area contributed by atoms with Gasteiger partial charge in [0.1, 0.15) is 5.82 Å². The van der Waals surface area contributed by atoms with Crippen LogP contribution in [-0.4, -0.2) is 34.5 Å². The summed E-state index contributed by atoms with van der Waals surface area (Å²) in [6.45, 7) is 0.484. The summed E-state index contributed by atoms with van der Waals surface area (Å²) in [7, 11) is 0. The Morgan fingerprint density at radius 1 is 1.08 bits per heavy atom. The van der Waals surface area contributed by atoms with Crippen LogP contribution in [0.15, 0.2) is 40.8 Å². The molecule has 0 spiro atoms. The Labute approximate surface area is 145 Å². The minimum absolute atomic E-state index is 0.0448. The molecule has 6 heteroatoms. The molecular formula is C19H20FNO4. The highest BCUT2D eigenvalue weighted by atomic mass is 19.1. The van der Waals surface area contributed by atoms with E-state index in [0.29, 0.717) is 13.0 Å². The Balaban J connectivity index is 1.75. The van der Waals surface area contributed by atoms with Gasteiger partial charge in [-0.2, -0.15) is 0 Å². The van der Waals surface area contributed by atoms with Crippen LogP contribution >= 0.6 is 0 Å². The molecule has 132 valence electrons. The van der Waals surface area contributed by atoms with Crippen molar-refractivity contribution in [3.8, 4) is 0 Å². The highest BCUT2D eigenvalue weighted by Gasteiger charge is 2.29. The van der Waals surface area contributed by atoms with Crippen LogP contribution in [0, 0.1) is 5.82 Å². The topological polar surface area (TPSA) is 70.8 Å². The highest BCUT2D eigenvalue weighted by molar-refractivity contribution is 5.93. The predicted molar refractivity (Wildman–Crippen MR) is 89.1 cm³/mol. The number of rotatable bonds is 6. The number of aromatic carboxylic acids is 1. The van der Waals surface area contributed by atoms with Crippen LogP contribution in [0.2, 0.25) is 0 Å². The van der Waals surface area contributed by atoms with Crippen molar-refractivity contribution in [2.45, 2.75) is 38.1 Å². The Kier molecular flexibility index (Phi) is 5.16. The van der Waals surface area contributed by atoms with E-state index in [9.17, 15) is 14.0 Å². The molecule has 1 aromatic heterocycles. The lowest BCUT2D eigenvalue weighted by Crippen LogP contribution is -2.40. The van der Waals surface area contributed by atoms with Crippen LogP contribution in [0.3, 0.4) is 0 Å². The summed E-state index contributed by atoms with van der Waals surface area (Å²) in [6.07, 6.45) is 4.62. The number of hydrogen-bond donors (Lipinski definition) is 1. The average molecular weight is 345 g/mol. The molecule has 1 aliphatic rings. The summed E-state index contributed by atoms with van der Waals surface area (Å²) in [5, 5.41) is 8.96. The molecule has 1 heterocycles. The maximum atomic E-state index is 13.0. The molecule has 0 saturated heterocycles. The third-order valence-corrected chi connectivity index (χ3v) is 4.61. The number of nitrogens with zero attached hydrogens (tertiary/aromatic N) is 1. The monoisotopic (exact) mass is 345 g/mol. The van der Waals surface area contributed by atoms with E-state index in [4.69, 9.17) is 9.52 Å². The molecule has 0 bridgehead atoms. The highest BCUT2D eigenvalue weighted by Crippen LogP contribution is 2.26. The molecule has 25 heavy (non-hydrogen) atoms. The first-order chi connectivity index (χ1) is 12.0. The summed E-state index contributed by atoms with van der Waals surface area (Å²) in [5.74, 6) is -1.97. The molecule has 1 aromatic carbocycles. The normalized spacial score (nSPS) is 14.6. The van der Waals surface area contributed by atoms with Crippen molar-refractivity contribution in [1.29, 1.82) is 0 Å². The molecule has 1 amide bonds. The lowest BCUT2D eigenvalue weighted by atomic mass is 10.1. The molecule has 0 unspecified atom stereocenters. The van der Waals surface area contributed by atoms with Gasteiger partial charge in [-0.25, -0.2) is 9.18 Å². The van der Waals surface area contributed by atoms with Gasteiger partial charge in [-0.05, 0) is 49.1 Å². The van der Waals surface area contributed by atoms with E-state index in [0.717, 1.165) is 31.2 Å². The third kappa shape index (κ3) is 4.07. The summed E-state index contributed by atoms with van der Waals surface area (Å²) in [6, 6.07) is 9.06. The van der Waals surface area contributed by atoms with Crippen LogP contribution in [0.25, 0.3) is 0 Å². The van der Waals surface area contributed by atoms with Gasteiger partial charge < -0.3 is 14.4 Å². The second kappa shape index (κ2) is 7.51. The number of carboxylic acids is 1. The van der Waals surface area contributed by atoms with Crippen LogP contribution in [0.5, 0.6) is 0 Å². The lowest BCUT2D eigenvalue weighted by Gasteiger charge is -2.28. The van der Waals surface area contributed by atoms with Crippen molar-refractivity contribution in [2.75, 3.05) is 6.54 Å². The summed E-state index contributed by atoms with van der Waals surface area (Å²) in [4.78, 5) is 25.5. The maximum absolute atomic E-state index is 13.0. The van der Waals surface area contributed by atoms with Crippen molar-refractivity contribution in [3.63, 3.8) is 0 Å². The first-order valence-electron chi connectivity index (χ1n) is 8.43. The van der Waals surface area contributed by atoms with Crippen LogP contribution in [-0.2, 0) is 6.42 Å². The van der Waals surface area contributed by atoms with Crippen molar-refractivity contribution >= 4 is 11.9 Å². The Morgan fingerprint density at radius 2 is 1.72 bits per heavy atom. The van der Waals surface area contributed by atoms with E-state index in [1.807, 2.05) is 0 Å². The minimum atomic E-state index is -1.20. The molecule has 1 fully saturated rings. The molecule has 5 nitrogen and oxygen atoms in total. The first-order valence-corrected chi connectivity index (χ1v) is 8.43. The maximum Gasteiger partial charge on any atom is 0.371 e. The molecule has 0 radical (unpaired) electrons. The predicted octanol–water partition coefficient (Wildman–Crippen LogP) is 3.74. The Morgan fingerprint density at radius 3 is 2.32 bits per heavy atom. The third-order valence-electron chi connectivity index (χ3n) is 4.61. The largest absolute Gasteiger partial charge is 0.475 e. The van der Waals surface area contributed by atoms with Gasteiger partial charge in [0.25, 0.3) is 5.91 Å². The number of carbonyl (C=O) groups excluding carboxylic acids is 1. The first kappa shape index (κ1) is 17.2. The average Bonchev–Trinajstić information content (AvgIpc) is 3.28. The summed E-state index contributed by atoms with van der Waals surface area (Å²) >= 11 is 0. The van der Waals surface area contributed by atoms with E-state index < -0.39 is 5.97 Å². The van der Waals surface area contributed by atoms with Crippen LogP contribution in [0.4, 0.5) is 4.39 Å². The summed E-state index contributed by atoms with van der Waals surface area (Å²) in [5.41, 5.74) is 0.947. The summed E-state index contributed by atoms with van der Waals surface area (Å²) < 4.78 is 18.2. The Hall–Kier alpha value is -2.63.